The van der Waals surface area contributed by atoms with Gasteiger partial charge in [-0.1, -0.05) is 23.7 Å². The highest BCUT2D eigenvalue weighted by atomic mass is 35.5. The smallest absolute Gasteiger partial charge is 0.241 e. The molecule has 2 atom stereocenters. The van der Waals surface area contributed by atoms with E-state index in [1.165, 1.54) is 12.1 Å². The van der Waals surface area contributed by atoms with Crippen molar-refractivity contribution in [1.82, 2.24) is 5.06 Å². The predicted octanol–water partition coefficient (Wildman–Crippen LogP) is 3.22. The highest BCUT2D eigenvalue weighted by Crippen LogP contribution is 2.45. The van der Waals surface area contributed by atoms with E-state index in [2.05, 4.69) is 5.32 Å². The number of nitrogens with two attached hydrogens (primary N) is 1. The van der Waals surface area contributed by atoms with Crippen molar-refractivity contribution in [1.29, 1.82) is 0 Å². The molecule has 2 aromatic rings. The maximum Gasteiger partial charge on any atom is 0.241 e. The number of amides is 1. The van der Waals surface area contributed by atoms with Gasteiger partial charge in [-0.3, -0.25) is 4.79 Å². The van der Waals surface area contributed by atoms with Crippen molar-refractivity contribution < 1.29 is 14.0 Å². The number of rotatable bonds is 4. The van der Waals surface area contributed by atoms with Gasteiger partial charge in [-0.2, -0.15) is 0 Å². The molecule has 3 N–H and O–H groups in total. The zero-order valence-electron chi connectivity index (χ0n) is 13.1. The number of nitrogens with one attached hydrogen (secondary N) is 1. The first-order valence-corrected chi connectivity index (χ1v) is 8.17. The minimum atomic E-state index is -0.768. The molecular formula is C18H15ClFN3O2. The average Bonchev–Trinajstić information content (AvgIpc) is 3.38. The zero-order chi connectivity index (χ0) is 17.6. The average molecular weight is 360 g/mol. The van der Waals surface area contributed by atoms with E-state index in [4.69, 9.17) is 22.2 Å². The van der Waals surface area contributed by atoms with Crippen LogP contribution in [0, 0.1) is 5.82 Å². The molecular weight excluding hydrogens is 345 g/mol. The molecule has 1 amide bonds. The Kier molecular flexibility index (Phi) is 3.95. The van der Waals surface area contributed by atoms with Gasteiger partial charge in [0.05, 0.1) is 16.8 Å². The third-order valence-corrected chi connectivity index (χ3v) is 4.52. The van der Waals surface area contributed by atoms with Crippen molar-refractivity contribution in [3.05, 3.63) is 70.1 Å². The van der Waals surface area contributed by atoms with E-state index in [0.29, 0.717) is 17.1 Å². The van der Waals surface area contributed by atoms with Gasteiger partial charge in [-0.15, -0.1) is 0 Å². The van der Waals surface area contributed by atoms with Crippen LogP contribution >= 0.6 is 11.6 Å². The number of anilines is 1. The number of nitrogens with zero attached hydrogens (tertiary/aromatic N) is 1. The van der Waals surface area contributed by atoms with Gasteiger partial charge >= 0.3 is 0 Å². The van der Waals surface area contributed by atoms with E-state index in [1.807, 2.05) is 12.3 Å². The Morgan fingerprint density at radius 3 is 2.88 bits per heavy atom. The SMILES string of the molecule is NC(Cc1ccc(F)cc1)C(=O)Nc1cc2c(cc1Cl)C1ON1C=C2. The molecule has 0 aromatic heterocycles. The number of halogens is 2. The summed E-state index contributed by atoms with van der Waals surface area (Å²) in [4.78, 5) is 17.7. The van der Waals surface area contributed by atoms with Crippen LogP contribution < -0.4 is 11.1 Å². The predicted molar refractivity (Wildman–Crippen MR) is 92.9 cm³/mol. The van der Waals surface area contributed by atoms with Gasteiger partial charge in [0.25, 0.3) is 0 Å². The van der Waals surface area contributed by atoms with Gasteiger partial charge in [-0.25, -0.2) is 14.3 Å². The van der Waals surface area contributed by atoms with Crippen LogP contribution in [-0.4, -0.2) is 17.0 Å². The van der Waals surface area contributed by atoms with E-state index < -0.39 is 6.04 Å². The lowest BCUT2D eigenvalue weighted by molar-refractivity contribution is -0.117. The lowest BCUT2D eigenvalue weighted by atomic mass is 10.0. The molecule has 25 heavy (non-hydrogen) atoms. The van der Waals surface area contributed by atoms with E-state index in [9.17, 15) is 9.18 Å². The fourth-order valence-electron chi connectivity index (χ4n) is 2.80. The van der Waals surface area contributed by atoms with Gasteiger partial charge in [0.15, 0.2) is 0 Å². The van der Waals surface area contributed by atoms with Crippen LogP contribution in [0.3, 0.4) is 0 Å². The standard InChI is InChI=1S/C18H15ClFN3O2/c19-14-9-13-11(5-6-23-18(13)25-23)8-16(14)22-17(24)15(21)7-10-1-3-12(20)4-2-10/h1-6,8-9,15,18H,7,21H2,(H,22,24). The van der Waals surface area contributed by atoms with Crippen LogP contribution in [0.25, 0.3) is 6.08 Å². The summed E-state index contributed by atoms with van der Waals surface area (Å²) in [5.74, 6) is -0.677. The Labute approximate surface area is 148 Å². The molecule has 0 spiro atoms. The maximum atomic E-state index is 12.9. The van der Waals surface area contributed by atoms with Crippen LogP contribution in [0.5, 0.6) is 0 Å². The van der Waals surface area contributed by atoms with E-state index in [-0.39, 0.29) is 18.0 Å². The Balaban J connectivity index is 1.47. The van der Waals surface area contributed by atoms with Crippen LogP contribution in [0.4, 0.5) is 10.1 Å². The molecule has 128 valence electrons. The minimum Gasteiger partial charge on any atom is -0.323 e. The molecule has 2 heterocycles. The van der Waals surface area contributed by atoms with Gasteiger partial charge in [0.2, 0.25) is 12.1 Å². The summed E-state index contributed by atoms with van der Waals surface area (Å²) >= 11 is 6.28. The first-order valence-electron chi connectivity index (χ1n) is 7.79. The second-order valence-electron chi connectivity index (χ2n) is 6.02. The van der Waals surface area contributed by atoms with Crippen molar-refractivity contribution in [2.75, 3.05) is 5.32 Å². The molecule has 5 nitrogen and oxygen atoms in total. The Morgan fingerprint density at radius 1 is 1.36 bits per heavy atom. The fraction of sp³-hybridized carbons (Fsp3) is 0.167. The van der Waals surface area contributed by atoms with Gasteiger partial charge in [0.1, 0.15) is 5.82 Å². The van der Waals surface area contributed by atoms with Crippen LogP contribution in [-0.2, 0) is 16.1 Å². The molecule has 1 fully saturated rings. The molecule has 2 aromatic carbocycles. The van der Waals surface area contributed by atoms with Crippen LogP contribution in [0.1, 0.15) is 22.9 Å². The van der Waals surface area contributed by atoms with E-state index in [0.717, 1.165) is 16.7 Å². The summed E-state index contributed by atoms with van der Waals surface area (Å²) in [5, 5.41) is 4.90. The van der Waals surface area contributed by atoms with Crippen molar-refractivity contribution in [3.63, 3.8) is 0 Å². The molecule has 2 unspecified atom stereocenters. The Hall–Kier alpha value is -2.41. The summed E-state index contributed by atoms with van der Waals surface area (Å²) < 4.78 is 12.9. The Morgan fingerprint density at radius 2 is 2.12 bits per heavy atom. The van der Waals surface area contributed by atoms with Crippen molar-refractivity contribution in [3.8, 4) is 0 Å². The topological polar surface area (TPSA) is 70.7 Å². The zero-order valence-corrected chi connectivity index (χ0v) is 13.8. The first-order chi connectivity index (χ1) is 12.0. The second-order valence-corrected chi connectivity index (χ2v) is 6.43. The first kappa shape index (κ1) is 16.1. The van der Waals surface area contributed by atoms with Gasteiger partial charge in [-0.05, 0) is 47.9 Å². The van der Waals surface area contributed by atoms with Crippen LogP contribution in [0.15, 0.2) is 42.6 Å². The third-order valence-electron chi connectivity index (χ3n) is 4.21. The van der Waals surface area contributed by atoms with Gasteiger partial charge in [0, 0.05) is 11.8 Å². The molecule has 4 rings (SSSR count). The normalized spacial score (nSPS) is 18.4. The van der Waals surface area contributed by atoms with Gasteiger partial charge < -0.3 is 11.1 Å². The molecule has 0 radical (unpaired) electrons. The molecule has 2 aliphatic heterocycles. The fourth-order valence-corrected chi connectivity index (χ4v) is 3.02. The Bertz CT molecular complexity index is 869. The quantitative estimate of drug-likeness (QED) is 0.822. The molecule has 7 heteroatoms. The number of carbonyl (C=O) groups excluding carboxylic acids is 1. The monoisotopic (exact) mass is 359 g/mol. The van der Waals surface area contributed by atoms with Crippen molar-refractivity contribution in [2.45, 2.75) is 18.7 Å². The lowest BCUT2D eigenvalue weighted by Gasteiger charge is -2.16. The highest BCUT2D eigenvalue weighted by molar-refractivity contribution is 6.34. The molecule has 1 saturated heterocycles. The van der Waals surface area contributed by atoms with Crippen molar-refractivity contribution in [2.24, 2.45) is 5.73 Å². The number of benzene rings is 2. The maximum absolute atomic E-state index is 12.9. The second kappa shape index (κ2) is 6.15. The molecule has 0 bridgehead atoms. The molecule has 2 aliphatic rings. The third kappa shape index (κ3) is 3.24. The number of hydroxylamine groups is 2. The minimum absolute atomic E-state index is 0.0945. The van der Waals surface area contributed by atoms with Crippen LogP contribution in [0.2, 0.25) is 5.02 Å². The van der Waals surface area contributed by atoms with E-state index in [1.54, 1.807) is 29.3 Å². The number of fused-ring (bicyclic) bond motifs is 3. The largest absolute Gasteiger partial charge is 0.323 e. The number of hydrogen-bond acceptors (Lipinski definition) is 4. The summed E-state index contributed by atoms with van der Waals surface area (Å²) in [7, 11) is 0. The summed E-state index contributed by atoms with van der Waals surface area (Å²) in [6, 6.07) is 8.73. The molecule has 0 saturated carbocycles. The summed E-state index contributed by atoms with van der Waals surface area (Å²) in [5.41, 5.74) is 9.14. The van der Waals surface area contributed by atoms with Crippen molar-refractivity contribution >= 4 is 29.3 Å². The number of carbonyl (C=O) groups is 1. The summed E-state index contributed by atoms with van der Waals surface area (Å²) in [6.07, 6.45) is 3.93. The van der Waals surface area contributed by atoms with E-state index >= 15 is 0 Å². The highest BCUT2D eigenvalue weighted by Gasteiger charge is 2.39. The molecule has 0 aliphatic carbocycles. The summed E-state index contributed by atoms with van der Waals surface area (Å²) in [6.45, 7) is 0. The lowest BCUT2D eigenvalue weighted by Crippen LogP contribution is -2.37. The number of hydrogen-bond donors (Lipinski definition) is 2.